The molecule has 1 fully saturated rings. The first-order valence-corrected chi connectivity index (χ1v) is 38.1. The molecule has 2 aromatic carbocycles. The van der Waals surface area contributed by atoms with Crippen LogP contribution in [0, 0.1) is 5.41 Å². The van der Waals surface area contributed by atoms with E-state index in [1.165, 1.54) is 35.1 Å². The van der Waals surface area contributed by atoms with Gasteiger partial charge in [-0.2, -0.15) is 25.3 Å². The Hall–Kier alpha value is -11.9. The number of H-pyrrole nitrogens is 1. The number of primary amides is 2. The Morgan fingerprint density at radius 3 is 1.77 bits per heavy atom. The molecule has 5 rings (SSSR count). The van der Waals surface area contributed by atoms with Gasteiger partial charge in [0.25, 0.3) is 0 Å². The molecule has 1 saturated heterocycles. The third-order valence-corrected chi connectivity index (χ3v) is 19.0. The van der Waals surface area contributed by atoms with E-state index < -0.39 is 192 Å². The lowest BCUT2D eigenvalue weighted by Gasteiger charge is -2.31. The standard InChI is InChI=1S/C70H103N23O20S2/c1-36(13-22-54(72)97)80-59(102)47(20-16-39-31-78-43-9-4-3-8-42(39)43)83-60(103)45(11-6-25-77-70(75)113)82-64(107)52(34-115)88-61(104)46(10-5-24-76-69(73)74)85-65(108)53-12-7-26-93(53)67(110)49(29-56(99)100)86-66(109)57(37(2)95)89-62(105)48(84-63(106)51(33-114)81-55(98)30-71)21-17-40-32-92(91-90-40)27-23-44(79-35-94)58(101)87-50(68(111)112)28-38-14-18-41(96)19-15-38/h3-4,8-9,14-15,18-19,31-32,35-37,44-53,57,78,95-96,114-115H,5-7,10-13,16-17,20-30,33-34,71H2,1-2H3,(H2,72,97)(H,79,94)(H,80,102)(H,81,98)(H,82,107)(H,83,103)(H,84,106)(H,85,108)(H,86,109)(H,87,101)(H,88,104)(H,89,105)(H,99,100)(H,111,112)(H4,73,74,76)(H3,75,77,113)/t36-,37-,44+,45+,46+,47+,48+,49+,50+,51+,52?,53+,57+/m1/s1. The molecule has 4 aromatic rings. The minimum Gasteiger partial charge on any atom is -0.508 e. The molecule has 1 aliphatic heterocycles. The van der Waals surface area contributed by atoms with Crippen molar-refractivity contribution < 1.29 is 97.1 Å². The van der Waals surface area contributed by atoms with Crippen molar-refractivity contribution in [3.8, 4) is 5.75 Å². The minimum atomic E-state index is -2.03. The van der Waals surface area contributed by atoms with Crippen LogP contribution in [0.2, 0.25) is 0 Å². The van der Waals surface area contributed by atoms with Gasteiger partial charge in [0.05, 0.1) is 24.8 Å². The lowest BCUT2D eigenvalue weighted by molar-refractivity contribution is -0.146. The predicted octanol–water partition coefficient (Wildman–Crippen LogP) is -6.63. The van der Waals surface area contributed by atoms with Crippen molar-refractivity contribution in [1.29, 1.82) is 5.41 Å². The van der Waals surface area contributed by atoms with E-state index in [1.54, 1.807) is 13.1 Å². The fourth-order valence-electron chi connectivity index (χ4n) is 12.2. The second kappa shape index (κ2) is 47.6. The molecule has 630 valence electrons. The number of aliphatic hydroxyl groups is 1. The first kappa shape index (κ1) is 93.7. The number of benzene rings is 2. The number of hydrogen-bond donors (Lipinski definition) is 25. The normalized spacial score (nSPS) is 15.5. The Labute approximate surface area is 670 Å². The number of aliphatic carboxylic acids is 2. The number of nitrogens with two attached hydrogens (primary N) is 4. The fraction of sp³-hybridized carbons (Fsp3) is 0.529. The van der Waals surface area contributed by atoms with Crippen LogP contribution in [-0.4, -0.2) is 263 Å². The number of nitrogens with one attached hydrogen (secondary N) is 15. The number of guanidine groups is 1. The summed E-state index contributed by atoms with van der Waals surface area (Å²) >= 11 is 8.47. The number of aryl methyl sites for hydroxylation is 3. The number of para-hydroxylation sites is 1. The summed E-state index contributed by atoms with van der Waals surface area (Å²) in [6.45, 7) is 1.73. The lowest BCUT2D eigenvalue weighted by Crippen LogP contribution is -2.62. The fourth-order valence-corrected chi connectivity index (χ4v) is 12.7. The van der Waals surface area contributed by atoms with Crippen molar-refractivity contribution in [2.45, 2.75) is 195 Å². The van der Waals surface area contributed by atoms with E-state index in [1.807, 2.05) is 24.3 Å². The van der Waals surface area contributed by atoms with Gasteiger partial charge in [0.2, 0.25) is 77.3 Å². The van der Waals surface area contributed by atoms with Gasteiger partial charge in [-0.05, 0) is 120 Å². The number of thiol groups is 2. The summed E-state index contributed by atoms with van der Waals surface area (Å²) in [6.07, 6.45) is -0.377. The Morgan fingerprint density at radius 1 is 0.643 bits per heavy atom. The average molecular weight is 1650 g/mol. The van der Waals surface area contributed by atoms with E-state index in [-0.39, 0.29) is 140 Å². The Morgan fingerprint density at radius 2 is 1.19 bits per heavy atom. The molecule has 0 spiro atoms. The van der Waals surface area contributed by atoms with E-state index in [0.717, 1.165) is 28.3 Å². The summed E-state index contributed by atoms with van der Waals surface area (Å²) in [5.41, 5.74) is 23.9. The summed E-state index contributed by atoms with van der Waals surface area (Å²) in [5.74, 6) is -15.6. The van der Waals surface area contributed by atoms with Gasteiger partial charge in [-0.1, -0.05) is 35.5 Å². The number of rotatable bonds is 51. The number of aliphatic hydroxyl groups excluding tert-OH is 1. The van der Waals surface area contributed by atoms with Crippen LogP contribution in [0.3, 0.4) is 0 Å². The number of urea groups is 1. The number of amides is 15. The van der Waals surface area contributed by atoms with E-state index in [2.05, 4.69) is 110 Å². The largest absolute Gasteiger partial charge is 0.508 e. The van der Waals surface area contributed by atoms with E-state index in [0.29, 0.717) is 5.56 Å². The number of aromatic nitrogens is 4. The zero-order valence-electron chi connectivity index (χ0n) is 63.2. The van der Waals surface area contributed by atoms with Crippen LogP contribution in [0.1, 0.15) is 108 Å². The molecule has 43 nitrogen and oxygen atoms in total. The zero-order chi connectivity index (χ0) is 85.0. The van der Waals surface area contributed by atoms with Crippen molar-refractivity contribution in [2.24, 2.45) is 22.9 Å². The van der Waals surface area contributed by atoms with E-state index in [4.69, 9.17) is 28.3 Å². The highest BCUT2D eigenvalue weighted by Crippen LogP contribution is 2.23. The molecule has 13 atom stereocenters. The summed E-state index contributed by atoms with van der Waals surface area (Å²) in [6, 6.07) is -5.57. The molecular weight excluding hydrogens is 1550 g/mol. The van der Waals surface area contributed by atoms with Gasteiger partial charge in [-0.3, -0.25) is 77.2 Å². The number of phenols is 1. The molecule has 27 N–H and O–H groups in total. The number of carbonyl (C=O) groups is 16. The van der Waals surface area contributed by atoms with E-state index >= 15 is 0 Å². The number of carbonyl (C=O) groups excluding carboxylic acids is 14. The van der Waals surface area contributed by atoms with Crippen LogP contribution < -0.4 is 92.1 Å². The number of likely N-dealkylation sites (tertiary alicyclic amines) is 1. The molecule has 0 bridgehead atoms. The number of nitrogens with zero attached hydrogens (tertiary/aromatic N) is 4. The Bertz CT molecular complexity index is 4060. The topological polar surface area (TPSA) is 688 Å². The van der Waals surface area contributed by atoms with Gasteiger partial charge in [0, 0.05) is 79.9 Å². The van der Waals surface area contributed by atoms with Crippen molar-refractivity contribution in [3.05, 3.63) is 77.7 Å². The molecule has 1 aliphatic rings. The van der Waals surface area contributed by atoms with Crippen LogP contribution in [0.25, 0.3) is 10.9 Å². The molecule has 45 heteroatoms. The second-order valence-electron chi connectivity index (χ2n) is 27.2. The molecule has 115 heavy (non-hydrogen) atoms. The Kier molecular flexibility index (Phi) is 38.8. The van der Waals surface area contributed by atoms with Crippen molar-refractivity contribution >= 4 is 137 Å². The second-order valence-corrected chi connectivity index (χ2v) is 27.9. The minimum absolute atomic E-state index is 0.0210. The highest BCUT2D eigenvalue weighted by atomic mass is 32.1. The summed E-state index contributed by atoms with van der Waals surface area (Å²) < 4.78 is 1.25. The van der Waals surface area contributed by atoms with Crippen molar-refractivity contribution in [2.75, 3.05) is 37.7 Å². The predicted molar refractivity (Wildman–Crippen MR) is 417 cm³/mol. The summed E-state index contributed by atoms with van der Waals surface area (Å²) in [5, 5.41) is 89.6. The number of carboxylic acid groups (broad SMARTS) is 2. The van der Waals surface area contributed by atoms with Crippen LogP contribution in [0.5, 0.6) is 5.75 Å². The van der Waals surface area contributed by atoms with Crippen LogP contribution in [0.4, 0.5) is 4.79 Å². The van der Waals surface area contributed by atoms with Gasteiger partial charge in [-0.15, -0.1) is 5.10 Å². The molecule has 0 radical (unpaired) electrons. The molecule has 1 unspecified atom stereocenters. The van der Waals surface area contributed by atoms with Gasteiger partial charge in [0.15, 0.2) is 5.96 Å². The molecule has 2 aromatic heterocycles. The summed E-state index contributed by atoms with van der Waals surface area (Å²) in [7, 11) is 0. The van der Waals surface area contributed by atoms with Crippen molar-refractivity contribution in [1.82, 2.24) is 94.0 Å². The maximum atomic E-state index is 14.6. The zero-order valence-corrected chi connectivity index (χ0v) is 65.0. The third-order valence-electron chi connectivity index (χ3n) is 18.3. The number of fused-ring (bicyclic) bond motifs is 1. The van der Waals surface area contributed by atoms with E-state index in [9.17, 15) is 97.1 Å². The van der Waals surface area contributed by atoms with Crippen molar-refractivity contribution in [3.63, 3.8) is 0 Å². The first-order chi connectivity index (χ1) is 54.6. The smallest absolute Gasteiger partial charge is 0.326 e. The van der Waals surface area contributed by atoms with Gasteiger partial charge in [-0.25, -0.2) is 9.59 Å². The highest BCUT2D eigenvalue weighted by molar-refractivity contribution is 7.80. The first-order valence-electron chi connectivity index (χ1n) is 36.8. The molecule has 0 saturated carbocycles. The number of phenolic OH excluding ortho intramolecular Hbond substituents is 1. The molecule has 3 heterocycles. The molecule has 0 aliphatic carbocycles. The average Bonchev–Trinajstić information content (AvgIpc) is 1.67. The third kappa shape index (κ3) is 31.6. The van der Waals surface area contributed by atoms with Gasteiger partial charge >= 0.3 is 18.0 Å². The summed E-state index contributed by atoms with van der Waals surface area (Å²) in [4.78, 5) is 218. The monoisotopic (exact) mass is 1650 g/mol. The maximum absolute atomic E-state index is 14.6. The van der Waals surface area contributed by atoms with Crippen LogP contribution in [-0.2, 0) is 97.7 Å². The SMILES string of the molecule is C[C@H](CCC(N)=O)NC(=O)[C@H](CCc1c[nH]c2ccccc12)NC(=O)[C@H](CCCNC(N)=O)NC(=O)C(CS)NC(=O)[C@H](CCCNC(=N)N)NC(=O)[C@@H]1CCCN1C(=O)[C@H](CC(=O)O)NC(=O)[C@@H](NC(=O)[C@H](CCc1cn(CC[C@H](NC=O)C(=O)N[C@@H](Cc2ccc(O)cc2)C(=O)O)nn1)NC(=O)[C@H](CS)NC(=O)CN)[C@@H](C)O. The number of carboxylic acids is 2. The lowest BCUT2D eigenvalue weighted by atomic mass is 10.0. The molecule has 15 amide bonds. The number of hydrogen-bond acceptors (Lipinski definition) is 24. The maximum Gasteiger partial charge on any atom is 0.326 e. The van der Waals surface area contributed by atoms with Crippen LogP contribution in [0.15, 0.2) is 60.9 Å². The quantitative estimate of drug-likeness (QED) is 0.00642. The van der Waals surface area contributed by atoms with Gasteiger partial charge in [0.1, 0.15) is 72.2 Å². The van der Waals surface area contributed by atoms with Gasteiger partial charge < -0.3 is 122 Å². The molecular formula is C70H103N23O20S2. The Balaban J connectivity index is 1.32. The van der Waals surface area contributed by atoms with Crippen LogP contribution >= 0.6 is 25.3 Å². The number of aromatic amines is 1. The highest BCUT2D eigenvalue weighted by Gasteiger charge is 2.42. The number of aromatic hydroxyl groups is 1.